The van der Waals surface area contributed by atoms with Crippen LogP contribution in [0.3, 0.4) is 0 Å². The Kier molecular flexibility index (Phi) is 7.71. The van der Waals surface area contributed by atoms with Crippen molar-refractivity contribution >= 4 is 29.1 Å². The number of hydrogen-bond acceptors (Lipinski definition) is 6. The number of aromatic nitrogens is 3. The topological polar surface area (TPSA) is 86.1 Å². The Balaban J connectivity index is 1.72. The Labute approximate surface area is 198 Å². The Hall–Kier alpha value is -3.39. The summed E-state index contributed by atoms with van der Waals surface area (Å²) in [6.07, 6.45) is 1.76. The zero-order chi connectivity index (χ0) is 24.0. The van der Waals surface area contributed by atoms with E-state index >= 15 is 0 Å². The van der Waals surface area contributed by atoms with Crippen LogP contribution in [-0.4, -0.2) is 39.3 Å². The quantitative estimate of drug-likeness (QED) is 0.269. The lowest BCUT2D eigenvalue weighted by atomic mass is 9.95. The van der Waals surface area contributed by atoms with E-state index in [-0.39, 0.29) is 17.4 Å². The number of ether oxygens (including phenoxy) is 1. The highest BCUT2D eigenvalue weighted by Crippen LogP contribution is 2.31. The highest BCUT2D eigenvalue weighted by atomic mass is 32.2. The monoisotopic (exact) mass is 464 g/mol. The minimum atomic E-state index is -0.491. The zero-order valence-corrected chi connectivity index (χ0v) is 20.1. The average molecular weight is 465 g/mol. The molecule has 0 spiro atoms. The SMILES string of the molecule is C=CCn1c(SCC(=O)c2ccc(NC(=O)C(C)(C)C)cc2)nnc1-c1ccccc1OC. The van der Waals surface area contributed by atoms with Gasteiger partial charge in [-0.05, 0) is 36.4 Å². The minimum Gasteiger partial charge on any atom is -0.496 e. The predicted molar refractivity (Wildman–Crippen MR) is 132 cm³/mol. The molecule has 8 heteroatoms. The van der Waals surface area contributed by atoms with Gasteiger partial charge in [0.2, 0.25) is 5.91 Å². The molecule has 7 nitrogen and oxygen atoms in total. The fourth-order valence-corrected chi connectivity index (χ4v) is 3.83. The van der Waals surface area contributed by atoms with Crippen LogP contribution in [0.15, 0.2) is 66.3 Å². The first-order valence-electron chi connectivity index (χ1n) is 10.5. The molecular weight excluding hydrogens is 436 g/mol. The molecule has 2 aromatic carbocycles. The number of rotatable bonds is 9. The van der Waals surface area contributed by atoms with Gasteiger partial charge in [0.25, 0.3) is 0 Å². The lowest BCUT2D eigenvalue weighted by Gasteiger charge is -2.17. The number of nitrogens with zero attached hydrogens (tertiary/aromatic N) is 3. The number of nitrogens with one attached hydrogen (secondary N) is 1. The summed E-state index contributed by atoms with van der Waals surface area (Å²) in [6.45, 7) is 9.87. The molecule has 0 radical (unpaired) electrons. The lowest BCUT2D eigenvalue weighted by molar-refractivity contribution is -0.123. The lowest BCUT2D eigenvalue weighted by Crippen LogP contribution is -2.27. The number of carbonyl (C=O) groups excluding carboxylic acids is 2. The number of para-hydroxylation sites is 1. The molecule has 1 aromatic heterocycles. The molecule has 33 heavy (non-hydrogen) atoms. The van der Waals surface area contributed by atoms with E-state index in [1.807, 2.05) is 49.6 Å². The van der Waals surface area contributed by atoms with E-state index in [1.54, 1.807) is 37.5 Å². The van der Waals surface area contributed by atoms with Crippen LogP contribution in [0.4, 0.5) is 5.69 Å². The zero-order valence-electron chi connectivity index (χ0n) is 19.3. The molecule has 3 aromatic rings. The largest absolute Gasteiger partial charge is 0.496 e. The molecule has 0 aliphatic rings. The number of allylic oxidation sites excluding steroid dienone is 1. The molecule has 0 bridgehead atoms. The number of amides is 1. The Morgan fingerprint density at radius 2 is 1.82 bits per heavy atom. The van der Waals surface area contributed by atoms with Gasteiger partial charge in [-0.3, -0.25) is 14.2 Å². The number of hydrogen-bond donors (Lipinski definition) is 1. The number of methoxy groups -OCH3 is 1. The average Bonchev–Trinajstić information content (AvgIpc) is 3.19. The van der Waals surface area contributed by atoms with Gasteiger partial charge in [-0.1, -0.05) is 50.7 Å². The Morgan fingerprint density at radius 1 is 1.12 bits per heavy atom. The summed E-state index contributed by atoms with van der Waals surface area (Å²) >= 11 is 1.32. The molecule has 172 valence electrons. The standard InChI is InChI=1S/C25H28N4O3S/c1-6-15-29-22(19-9-7-8-10-21(19)32-5)27-28-24(29)33-16-20(30)17-11-13-18(14-12-17)26-23(31)25(2,3)4/h6-14H,1,15-16H2,2-5H3,(H,26,31). The molecule has 0 atom stereocenters. The molecule has 0 aliphatic heterocycles. The fraction of sp³-hybridized carbons (Fsp3) is 0.280. The molecule has 0 fully saturated rings. The number of carbonyl (C=O) groups is 2. The molecular formula is C25H28N4O3S. The third-order valence-electron chi connectivity index (χ3n) is 4.85. The number of benzene rings is 2. The van der Waals surface area contributed by atoms with Gasteiger partial charge in [0.1, 0.15) is 5.75 Å². The van der Waals surface area contributed by atoms with Gasteiger partial charge in [-0.2, -0.15) is 0 Å². The van der Waals surface area contributed by atoms with Gasteiger partial charge in [-0.25, -0.2) is 0 Å². The predicted octanol–water partition coefficient (Wildman–Crippen LogP) is 5.10. The summed E-state index contributed by atoms with van der Waals surface area (Å²) in [6, 6.07) is 14.5. The second-order valence-corrected chi connectivity index (χ2v) is 9.34. The molecule has 1 heterocycles. The van der Waals surface area contributed by atoms with Crippen molar-refractivity contribution in [3.8, 4) is 17.1 Å². The van der Waals surface area contributed by atoms with Gasteiger partial charge in [0.05, 0.1) is 18.4 Å². The van der Waals surface area contributed by atoms with Crippen LogP contribution in [0.25, 0.3) is 11.4 Å². The van der Waals surface area contributed by atoms with Gasteiger partial charge in [-0.15, -0.1) is 16.8 Å². The van der Waals surface area contributed by atoms with Crippen LogP contribution in [0.1, 0.15) is 31.1 Å². The first-order chi connectivity index (χ1) is 15.7. The van der Waals surface area contributed by atoms with Crippen molar-refractivity contribution in [1.29, 1.82) is 0 Å². The highest BCUT2D eigenvalue weighted by molar-refractivity contribution is 7.99. The smallest absolute Gasteiger partial charge is 0.229 e. The third kappa shape index (κ3) is 5.90. The molecule has 0 unspecified atom stereocenters. The molecule has 3 rings (SSSR count). The van der Waals surface area contributed by atoms with Crippen molar-refractivity contribution in [2.24, 2.45) is 5.41 Å². The van der Waals surface area contributed by atoms with Crippen molar-refractivity contribution in [2.75, 3.05) is 18.2 Å². The van der Waals surface area contributed by atoms with Crippen molar-refractivity contribution in [2.45, 2.75) is 32.5 Å². The first-order valence-corrected chi connectivity index (χ1v) is 11.5. The van der Waals surface area contributed by atoms with Crippen molar-refractivity contribution in [3.05, 3.63) is 66.7 Å². The van der Waals surface area contributed by atoms with E-state index in [9.17, 15) is 9.59 Å². The molecule has 1 N–H and O–H groups in total. The summed E-state index contributed by atoms with van der Waals surface area (Å²) in [5.74, 6) is 1.43. The number of thioether (sulfide) groups is 1. The molecule has 0 aliphatic carbocycles. The first kappa shape index (κ1) is 24.3. The summed E-state index contributed by atoms with van der Waals surface area (Å²) < 4.78 is 7.37. The van der Waals surface area contributed by atoms with Crippen LogP contribution in [0.2, 0.25) is 0 Å². The van der Waals surface area contributed by atoms with E-state index in [0.29, 0.717) is 34.5 Å². The maximum absolute atomic E-state index is 12.8. The number of anilines is 1. The van der Waals surface area contributed by atoms with Crippen molar-refractivity contribution in [1.82, 2.24) is 14.8 Å². The number of ketones is 1. The van der Waals surface area contributed by atoms with Crippen molar-refractivity contribution < 1.29 is 14.3 Å². The van der Waals surface area contributed by atoms with Gasteiger partial charge in [0, 0.05) is 23.2 Å². The molecule has 0 saturated carbocycles. The van der Waals surface area contributed by atoms with E-state index in [0.717, 1.165) is 5.56 Å². The molecule has 0 saturated heterocycles. The summed E-state index contributed by atoms with van der Waals surface area (Å²) in [5.41, 5.74) is 1.55. The van der Waals surface area contributed by atoms with Crippen molar-refractivity contribution in [3.63, 3.8) is 0 Å². The Morgan fingerprint density at radius 3 is 2.45 bits per heavy atom. The van der Waals surface area contributed by atoms with E-state index in [2.05, 4.69) is 22.1 Å². The second kappa shape index (κ2) is 10.5. The minimum absolute atomic E-state index is 0.0410. The van der Waals surface area contributed by atoms with Crippen LogP contribution in [-0.2, 0) is 11.3 Å². The van der Waals surface area contributed by atoms with Crippen LogP contribution >= 0.6 is 11.8 Å². The maximum Gasteiger partial charge on any atom is 0.229 e. The summed E-state index contributed by atoms with van der Waals surface area (Å²) in [7, 11) is 1.61. The van der Waals surface area contributed by atoms with E-state index < -0.39 is 5.41 Å². The number of Topliss-reactive ketones (excluding diaryl/α,β-unsaturated/α-hetero) is 1. The van der Waals surface area contributed by atoms with Crippen LogP contribution in [0.5, 0.6) is 5.75 Å². The van der Waals surface area contributed by atoms with Gasteiger partial charge < -0.3 is 10.1 Å². The summed E-state index contributed by atoms with van der Waals surface area (Å²) in [5, 5.41) is 12.1. The third-order valence-corrected chi connectivity index (χ3v) is 5.82. The maximum atomic E-state index is 12.8. The second-order valence-electron chi connectivity index (χ2n) is 8.40. The van der Waals surface area contributed by atoms with E-state index in [4.69, 9.17) is 4.74 Å². The van der Waals surface area contributed by atoms with E-state index in [1.165, 1.54) is 11.8 Å². The Bertz CT molecular complexity index is 1150. The van der Waals surface area contributed by atoms with Gasteiger partial charge >= 0.3 is 0 Å². The normalized spacial score (nSPS) is 11.2. The fourth-order valence-electron chi connectivity index (χ4n) is 2.99. The van der Waals surface area contributed by atoms with Crippen LogP contribution in [0, 0.1) is 5.41 Å². The molecule has 1 amide bonds. The van der Waals surface area contributed by atoms with Gasteiger partial charge in [0.15, 0.2) is 16.8 Å². The highest BCUT2D eigenvalue weighted by Gasteiger charge is 2.21. The summed E-state index contributed by atoms with van der Waals surface area (Å²) in [4.78, 5) is 24.9. The van der Waals surface area contributed by atoms with Crippen LogP contribution < -0.4 is 10.1 Å².